The van der Waals surface area contributed by atoms with Crippen molar-refractivity contribution >= 4 is 11.9 Å². The van der Waals surface area contributed by atoms with E-state index in [-0.39, 0.29) is 5.91 Å². The van der Waals surface area contributed by atoms with Crippen LogP contribution in [0.4, 0.5) is 0 Å². The molecule has 0 aromatic rings. The highest BCUT2D eigenvalue weighted by atomic mass is 16.5. The molecule has 0 saturated carbocycles. The lowest BCUT2D eigenvalue weighted by molar-refractivity contribution is -0.156. The van der Waals surface area contributed by atoms with Gasteiger partial charge in [0.05, 0.1) is 12.0 Å². The number of hydrogen-bond donors (Lipinski definition) is 2. The quantitative estimate of drug-likeness (QED) is 0.756. The fourth-order valence-electron chi connectivity index (χ4n) is 3.17. The molecule has 2 heterocycles. The molecule has 0 spiro atoms. The number of nitrogens with one attached hydrogen (secondary N) is 1. The van der Waals surface area contributed by atoms with Crippen molar-refractivity contribution in [2.24, 2.45) is 5.41 Å². The number of aliphatic carboxylic acids is 1. The van der Waals surface area contributed by atoms with E-state index in [1.807, 2.05) is 0 Å². The Hall–Kier alpha value is -1.14. The molecule has 6 nitrogen and oxygen atoms in total. The van der Waals surface area contributed by atoms with E-state index < -0.39 is 17.4 Å². The van der Waals surface area contributed by atoms with Gasteiger partial charge >= 0.3 is 5.97 Å². The van der Waals surface area contributed by atoms with E-state index >= 15 is 0 Å². The van der Waals surface area contributed by atoms with Gasteiger partial charge in [-0.2, -0.15) is 0 Å². The minimum absolute atomic E-state index is 0.0410. The summed E-state index contributed by atoms with van der Waals surface area (Å²) in [6.45, 7) is 2.48. The third-order valence-electron chi connectivity index (χ3n) is 4.23. The van der Waals surface area contributed by atoms with Crippen LogP contribution in [0.3, 0.4) is 0 Å². The molecule has 2 aliphatic heterocycles. The average Bonchev–Trinajstić information content (AvgIpc) is 2.88. The van der Waals surface area contributed by atoms with Gasteiger partial charge in [-0.1, -0.05) is 0 Å². The van der Waals surface area contributed by atoms with Crippen molar-refractivity contribution in [3.05, 3.63) is 0 Å². The molecule has 2 rings (SSSR count). The molecule has 0 aromatic carbocycles. The van der Waals surface area contributed by atoms with Crippen molar-refractivity contribution in [3.8, 4) is 0 Å². The number of methoxy groups -OCH3 is 1. The molecule has 0 bridgehead atoms. The third kappa shape index (κ3) is 2.74. The van der Waals surface area contributed by atoms with Crippen LogP contribution in [-0.2, 0) is 14.3 Å². The monoisotopic (exact) mass is 270 g/mol. The van der Waals surface area contributed by atoms with Crippen LogP contribution in [-0.4, -0.2) is 61.3 Å². The SMILES string of the molecule is COCC1(C(=O)N2CCCC2C(=O)O)CCNCC1. The number of nitrogens with zero attached hydrogens (tertiary/aromatic N) is 1. The predicted molar refractivity (Wildman–Crippen MR) is 68.8 cm³/mol. The summed E-state index contributed by atoms with van der Waals surface area (Å²) in [6, 6.07) is -0.656. The maximum atomic E-state index is 12.8. The second-order valence-corrected chi connectivity index (χ2v) is 5.46. The van der Waals surface area contributed by atoms with Crippen LogP contribution in [0, 0.1) is 5.41 Å². The molecular formula is C13H22N2O4. The van der Waals surface area contributed by atoms with E-state index in [2.05, 4.69) is 5.32 Å². The molecule has 2 saturated heterocycles. The molecule has 0 aromatic heterocycles. The van der Waals surface area contributed by atoms with E-state index in [1.54, 1.807) is 12.0 Å². The number of likely N-dealkylation sites (tertiary alicyclic amines) is 1. The summed E-state index contributed by atoms with van der Waals surface area (Å²) in [7, 11) is 1.59. The van der Waals surface area contributed by atoms with Crippen LogP contribution < -0.4 is 5.32 Å². The molecule has 1 atom stereocenters. The molecule has 2 aliphatic rings. The summed E-state index contributed by atoms with van der Waals surface area (Å²) in [6.07, 6.45) is 2.75. The summed E-state index contributed by atoms with van der Waals surface area (Å²) in [4.78, 5) is 25.6. The topological polar surface area (TPSA) is 78.9 Å². The number of carbonyl (C=O) groups excluding carboxylic acids is 1. The summed E-state index contributed by atoms with van der Waals surface area (Å²) in [5, 5.41) is 12.4. The Bertz CT molecular complexity index is 347. The maximum Gasteiger partial charge on any atom is 0.326 e. The Morgan fingerprint density at radius 1 is 1.42 bits per heavy atom. The number of piperidine rings is 1. The lowest BCUT2D eigenvalue weighted by atomic mass is 9.78. The molecule has 108 valence electrons. The summed E-state index contributed by atoms with van der Waals surface area (Å²) >= 11 is 0. The average molecular weight is 270 g/mol. The Labute approximate surface area is 113 Å². The minimum atomic E-state index is -0.896. The Morgan fingerprint density at radius 2 is 2.11 bits per heavy atom. The number of carbonyl (C=O) groups is 2. The summed E-state index contributed by atoms with van der Waals surface area (Å²) < 4.78 is 5.24. The van der Waals surface area contributed by atoms with Gasteiger partial charge < -0.3 is 20.1 Å². The van der Waals surface area contributed by atoms with Gasteiger partial charge in [-0.15, -0.1) is 0 Å². The third-order valence-corrected chi connectivity index (χ3v) is 4.23. The fourth-order valence-corrected chi connectivity index (χ4v) is 3.17. The molecule has 0 radical (unpaired) electrons. The van der Waals surface area contributed by atoms with E-state index in [0.717, 1.165) is 19.5 Å². The number of rotatable bonds is 4. The van der Waals surface area contributed by atoms with Crippen LogP contribution in [0.1, 0.15) is 25.7 Å². The van der Waals surface area contributed by atoms with Crippen LogP contribution in [0.25, 0.3) is 0 Å². The van der Waals surface area contributed by atoms with Gasteiger partial charge in [0.2, 0.25) is 5.91 Å². The second-order valence-electron chi connectivity index (χ2n) is 5.46. The molecule has 2 fully saturated rings. The van der Waals surface area contributed by atoms with Crippen LogP contribution in [0.2, 0.25) is 0 Å². The van der Waals surface area contributed by atoms with Gasteiger partial charge in [0.1, 0.15) is 6.04 Å². The number of hydrogen-bond acceptors (Lipinski definition) is 4. The lowest BCUT2D eigenvalue weighted by Crippen LogP contribution is -2.54. The molecule has 6 heteroatoms. The number of carboxylic acids is 1. The zero-order chi connectivity index (χ0) is 13.9. The number of ether oxygens (including phenoxy) is 1. The molecule has 2 N–H and O–H groups in total. The summed E-state index contributed by atoms with van der Waals surface area (Å²) in [5.41, 5.74) is -0.544. The highest BCUT2D eigenvalue weighted by molar-refractivity contribution is 5.88. The predicted octanol–water partition coefficient (Wildman–Crippen LogP) is 0.0782. The van der Waals surface area contributed by atoms with Crippen LogP contribution in [0.5, 0.6) is 0 Å². The lowest BCUT2D eigenvalue weighted by Gasteiger charge is -2.39. The van der Waals surface area contributed by atoms with Crippen molar-refractivity contribution in [1.82, 2.24) is 10.2 Å². The number of amides is 1. The Morgan fingerprint density at radius 3 is 2.68 bits per heavy atom. The van der Waals surface area contributed by atoms with Crippen LogP contribution >= 0.6 is 0 Å². The van der Waals surface area contributed by atoms with Crippen molar-refractivity contribution < 1.29 is 19.4 Å². The molecule has 0 aliphatic carbocycles. The van der Waals surface area contributed by atoms with Crippen molar-refractivity contribution in [1.29, 1.82) is 0 Å². The van der Waals surface area contributed by atoms with Gasteiger partial charge in [0.25, 0.3) is 0 Å². The Balaban J connectivity index is 2.16. The van der Waals surface area contributed by atoms with Gasteiger partial charge in [-0.25, -0.2) is 4.79 Å². The van der Waals surface area contributed by atoms with Crippen molar-refractivity contribution in [3.63, 3.8) is 0 Å². The maximum absolute atomic E-state index is 12.8. The smallest absolute Gasteiger partial charge is 0.326 e. The summed E-state index contributed by atoms with van der Waals surface area (Å²) in [5.74, 6) is -0.937. The van der Waals surface area contributed by atoms with Gasteiger partial charge in [-0.05, 0) is 38.8 Å². The van der Waals surface area contributed by atoms with Crippen molar-refractivity contribution in [2.75, 3.05) is 33.4 Å². The first kappa shape index (κ1) is 14.3. The zero-order valence-corrected chi connectivity index (χ0v) is 11.4. The molecule has 1 unspecified atom stereocenters. The molecular weight excluding hydrogens is 248 g/mol. The minimum Gasteiger partial charge on any atom is -0.480 e. The largest absolute Gasteiger partial charge is 0.480 e. The fraction of sp³-hybridized carbons (Fsp3) is 0.846. The van der Waals surface area contributed by atoms with Gasteiger partial charge in [0.15, 0.2) is 0 Å². The van der Waals surface area contributed by atoms with Gasteiger partial charge in [0, 0.05) is 13.7 Å². The molecule has 1 amide bonds. The highest BCUT2D eigenvalue weighted by Crippen LogP contribution is 2.34. The first-order chi connectivity index (χ1) is 9.10. The molecule has 19 heavy (non-hydrogen) atoms. The van der Waals surface area contributed by atoms with Gasteiger partial charge in [-0.3, -0.25) is 4.79 Å². The normalized spacial score (nSPS) is 26.4. The van der Waals surface area contributed by atoms with E-state index in [4.69, 9.17) is 4.74 Å². The standard InChI is InChI=1S/C13H22N2O4/c1-19-9-13(4-6-14-7-5-13)12(18)15-8-2-3-10(15)11(16)17/h10,14H,2-9H2,1H3,(H,16,17). The first-order valence-electron chi connectivity index (χ1n) is 6.84. The van der Waals surface area contributed by atoms with Crippen LogP contribution in [0.15, 0.2) is 0 Å². The Kier molecular flexibility index (Phi) is 4.42. The first-order valence-corrected chi connectivity index (χ1v) is 6.84. The zero-order valence-electron chi connectivity index (χ0n) is 11.4. The highest BCUT2D eigenvalue weighted by Gasteiger charge is 2.46. The van der Waals surface area contributed by atoms with E-state index in [1.165, 1.54) is 0 Å². The second kappa shape index (κ2) is 5.88. The number of carboxylic acid groups (broad SMARTS) is 1. The van der Waals surface area contributed by atoms with Crippen molar-refractivity contribution in [2.45, 2.75) is 31.7 Å². The van der Waals surface area contributed by atoms with E-state index in [9.17, 15) is 14.7 Å². The van der Waals surface area contributed by atoms with E-state index in [0.29, 0.717) is 32.4 Å².